The molecule has 8 nitrogen and oxygen atoms in total. The van der Waals surface area contributed by atoms with Gasteiger partial charge in [-0.15, -0.1) is 24.0 Å². The Morgan fingerprint density at radius 1 is 1.23 bits per heavy atom. The fourth-order valence-corrected chi connectivity index (χ4v) is 4.89. The van der Waals surface area contributed by atoms with Crippen LogP contribution in [0.25, 0.3) is 0 Å². The van der Waals surface area contributed by atoms with Crippen LogP contribution in [0, 0.1) is 5.92 Å². The number of rotatable bonds is 7. The van der Waals surface area contributed by atoms with E-state index in [0.717, 1.165) is 49.9 Å². The zero-order chi connectivity index (χ0) is 20.9. The second-order valence-corrected chi connectivity index (χ2v) is 9.73. The first kappa shape index (κ1) is 25.0. The quantitative estimate of drug-likeness (QED) is 0.305. The molecule has 2 aliphatic heterocycles. The first-order valence-corrected chi connectivity index (χ1v) is 12.1. The highest BCUT2D eigenvalue weighted by atomic mass is 127. The van der Waals surface area contributed by atoms with Crippen molar-refractivity contribution >= 4 is 45.6 Å². The molecule has 0 amide bonds. The third-order valence-corrected chi connectivity index (χ3v) is 6.79. The van der Waals surface area contributed by atoms with Crippen molar-refractivity contribution in [1.29, 1.82) is 0 Å². The molecule has 1 aromatic carbocycles. The van der Waals surface area contributed by atoms with E-state index in [1.54, 1.807) is 11.4 Å². The summed E-state index contributed by atoms with van der Waals surface area (Å²) in [6.45, 7) is 6.47. The molecule has 3 rings (SSSR count). The van der Waals surface area contributed by atoms with Gasteiger partial charge in [-0.05, 0) is 37.8 Å². The summed E-state index contributed by atoms with van der Waals surface area (Å²) in [5, 5.41) is 6.86. The van der Waals surface area contributed by atoms with Crippen LogP contribution in [0.15, 0.2) is 29.3 Å². The number of nitrogens with one attached hydrogen (secondary N) is 2. The van der Waals surface area contributed by atoms with E-state index < -0.39 is 10.0 Å². The van der Waals surface area contributed by atoms with Gasteiger partial charge >= 0.3 is 0 Å². The number of guanidine groups is 1. The number of anilines is 1. The third kappa shape index (κ3) is 6.61. The number of nitrogens with zero attached hydrogens (tertiary/aromatic N) is 3. The van der Waals surface area contributed by atoms with E-state index in [2.05, 4.69) is 21.6 Å². The Bertz CT molecular complexity index is 820. The van der Waals surface area contributed by atoms with Gasteiger partial charge in [-0.25, -0.2) is 12.7 Å². The maximum atomic E-state index is 11.7. The monoisotopic (exact) mass is 551 g/mol. The lowest BCUT2D eigenvalue weighted by molar-refractivity contribution is 0.415. The molecule has 0 aromatic heterocycles. The highest BCUT2D eigenvalue weighted by molar-refractivity contribution is 14.0. The van der Waals surface area contributed by atoms with Crippen LogP contribution >= 0.6 is 24.0 Å². The average molecular weight is 551 g/mol. The van der Waals surface area contributed by atoms with Crippen LogP contribution in [0.1, 0.15) is 19.8 Å². The summed E-state index contributed by atoms with van der Waals surface area (Å²) >= 11 is 0. The van der Waals surface area contributed by atoms with Crippen molar-refractivity contribution in [2.24, 2.45) is 10.9 Å². The molecule has 0 bridgehead atoms. The Balaban J connectivity index is 0.00000320. The summed E-state index contributed by atoms with van der Waals surface area (Å²) in [5.74, 6) is 1.97. The van der Waals surface area contributed by atoms with E-state index in [1.807, 2.05) is 25.1 Å². The standard InChI is InChI=1S/C20H33N5O3S.HI/c1-4-21-20(22-13-16-9-12-25(14-16)29(3,26)27)23-17-10-11-24(15-17)18-7-5-6-8-19(18)28-2;/h5-8,16-17H,4,9-15H2,1-3H3,(H2,21,22,23);1H. The van der Waals surface area contributed by atoms with Crippen LogP contribution in [0.2, 0.25) is 0 Å². The largest absolute Gasteiger partial charge is 0.495 e. The molecule has 2 unspecified atom stereocenters. The highest BCUT2D eigenvalue weighted by Gasteiger charge is 2.29. The first-order chi connectivity index (χ1) is 13.9. The maximum absolute atomic E-state index is 11.7. The number of ether oxygens (including phenoxy) is 1. The minimum Gasteiger partial charge on any atom is -0.495 e. The second-order valence-electron chi connectivity index (χ2n) is 7.74. The van der Waals surface area contributed by atoms with Crippen LogP contribution in [0.3, 0.4) is 0 Å². The second kappa shape index (κ2) is 11.4. The van der Waals surface area contributed by atoms with Crippen molar-refractivity contribution in [3.63, 3.8) is 0 Å². The number of halogens is 1. The van der Waals surface area contributed by atoms with Crippen molar-refractivity contribution < 1.29 is 13.2 Å². The Kier molecular flexibility index (Phi) is 9.48. The van der Waals surface area contributed by atoms with E-state index in [0.29, 0.717) is 25.7 Å². The van der Waals surface area contributed by atoms with E-state index in [-0.39, 0.29) is 29.9 Å². The first-order valence-electron chi connectivity index (χ1n) is 10.3. The minimum atomic E-state index is -3.10. The summed E-state index contributed by atoms with van der Waals surface area (Å²) < 4.78 is 30.4. The maximum Gasteiger partial charge on any atom is 0.211 e. The van der Waals surface area contributed by atoms with E-state index in [9.17, 15) is 8.42 Å². The van der Waals surface area contributed by atoms with Gasteiger partial charge in [0.1, 0.15) is 5.75 Å². The molecule has 30 heavy (non-hydrogen) atoms. The van der Waals surface area contributed by atoms with Gasteiger partial charge in [0.15, 0.2) is 5.96 Å². The van der Waals surface area contributed by atoms with Crippen molar-refractivity contribution in [1.82, 2.24) is 14.9 Å². The number of sulfonamides is 1. The summed E-state index contributed by atoms with van der Waals surface area (Å²) in [4.78, 5) is 7.07. The molecule has 2 fully saturated rings. The lowest BCUT2D eigenvalue weighted by Gasteiger charge is -2.22. The van der Waals surface area contributed by atoms with Crippen molar-refractivity contribution in [3.8, 4) is 5.75 Å². The fraction of sp³-hybridized carbons (Fsp3) is 0.650. The van der Waals surface area contributed by atoms with Gasteiger partial charge < -0.3 is 20.3 Å². The zero-order valence-electron chi connectivity index (χ0n) is 18.0. The van der Waals surface area contributed by atoms with Gasteiger partial charge in [0.25, 0.3) is 0 Å². The van der Waals surface area contributed by atoms with Gasteiger partial charge in [0.2, 0.25) is 10.0 Å². The Labute approximate surface area is 197 Å². The molecule has 0 spiro atoms. The van der Waals surface area contributed by atoms with Crippen molar-refractivity contribution in [2.75, 3.05) is 57.5 Å². The average Bonchev–Trinajstić information content (AvgIpc) is 3.35. The third-order valence-electron chi connectivity index (χ3n) is 5.52. The number of hydrogen-bond donors (Lipinski definition) is 2. The molecular formula is C20H34IN5O3S. The zero-order valence-corrected chi connectivity index (χ0v) is 21.2. The molecule has 1 aromatic rings. The van der Waals surface area contributed by atoms with Crippen LogP contribution in [-0.2, 0) is 10.0 Å². The van der Waals surface area contributed by atoms with Crippen molar-refractivity contribution in [3.05, 3.63) is 24.3 Å². The fourth-order valence-electron chi connectivity index (χ4n) is 3.97. The Morgan fingerprint density at radius 2 is 2.00 bits per heavy atom. The van der Waals surface area contributed by atoms with Gasteiger partial charge in [-0.3, -0.25) is 4.99 Å². The molecule has 2 N–H and O–H groups in total. The highest BCUT2D eigenvalue weighted by Crippen LogP contribution is 2.30. The summed E-state index contributed by atoms with van der Waals surface area (Å²) in [7, 11) is -1.40. The number of aliphatic imine (C=N–C) groups is 1. The van der Waals surface area contributed by atoms with Crippen LogP contribution in [0.5, 0.6) is 5.75 Å². The van der Waals surface area contributed by atoms with E-state index in [4.69, 9.17) is 9.73 Å². The van der Waals surface area contributed by atoms with E-state index >= 15 is 0 Å². The molecular weight excluding hydrogens is 517 g/mol. The van der Waals surface area contributed by atoms with Crippen LogP contribution in [-0.4, -0.2) is 77.4 Å². The van der Waals surface area contributed by atoms with Gasteiger partial charge in [-0.2, -0.15) is 0 Å². The number of benzene rings is 1. The minimum absolute atomic E-state index is 0. The van der Waals surface area contributed by atoms with Crippen molar-refractivity contribution in [2.45, 2.75) is 25.8 Å². The number of hydrogen-bond acceptors (Lipinski definition) is 5. The number of para-hydroxylation sites is 2. The smallest absolute Gasteiger partial charge is 0.211 e. The van der Waals surface area contributed by atoms with Gasteiger partial charge in [0, 0.05) is 45.3 Å². The predicted molar refractivity (Wildman–Crippen MR) is 133 cm³/mol. The van der Waals surface area contributed by atoms with Gasteiger partial charge in [0.05, 0.1) is 19.1 Å². The molecule has 0 saturated carbocycles. The molecule has 2 heterocycles. The Hall–Kier alpha value is -1.27. The lowest BCUT2D eigenvalue weighted by atomic mass is 10.1. The van der Waals surface area contributed by atoms with Gasteiger partial charge in [-0.1, -0.05) is 12.1 Å². The van der Waals surface area contributed by atoms with E-state index in [1.165, 1.54) is 6.26 Å². The van der Waals surface area contributed by atoms with Crippen LogP contribution < -0.4 is 20.3 Å². The molecule has 2 saturated heterocycles. The summed E-state index contributed by atoms with van der Waals surface area (Å²) in [6, 6.07) is 8.40. The predicted octanol–water partition coefficient (Wildman–Crippen LogP) is 1.73. The molecule has 2 atom stereocenters. The normalized spacial score (nSPS) is 22.6. The SMILES string of the molecule is CCNC(=NCC1CCN(S(C)(=O)=O)C1)NC1CCN(c2ccccc2OC)C1.I. The molecule has 10 heteroatoms. The topological polar surface area (TPSA) is 86.3 Å². The molecule has 0 radical (unpaired) electrons. The molecule has 2 aliphatic rings. The number of methoxy groups -OCH3 is 1. The summed E-state index contributed by atoms with van der Waals surface area (Å²) in [5.41, 5.74) is 1.12. The molecule has 170 valence electrons. The summed E-state index contributed by atoms with van der Waals surface area (Å²) in [6.07, 6.45) is 3.16. The lowest BCUT2D eigenvalue weighted by Crippen LogP contribution is -2.45. The van der Waals surface area contributed by atoms with Crippen LogP contribution in [0.4, 0.5) is 5.69 Å². The molecule has 0 aliphatic carbocycles. The Morgan fingerprint density at radius 3 is 2.67 bits per heavy atom.